The van der Waals surface area contributed by atoms with Crippen molar-refractivity contribution in [2.75, 3.05) is 5.43 Å². The van der Waals surface area contributed by atoms with Gasteiger partial charge in [0.1, 0.15) is 18.0 Å². The van der Waals surface area contributed by atoms with Gasteiger partial charge in [0, 0.05) is 5.69 Å². The van der Waals surface area contributed by atoms with Gasteiger partial charge < -0.3 is 5.43 Å². The highest BCUT2D eigenvalue weighted by atomic mass is 16.6. The summed E-state index contributed by atoms with van der Waals surface area (Å²) in [5.41, 5.74) is 4.43. The Hall–Kier alpha value is -2.48. The molecule has 0 unspecified atom stereocenters. The molecule has 8 nitrogen and oxygen atoms in total. The van der Waals surface area contributed by atoms with Gasteiger partial charge >= 0.3 is 0 Å². The van der Waals surface area contributed by atoms with E-state index in [2.05, 4.69) is 15.4 Å². The highest BCUT2D eigenvalue weighted by molar-refractivity contribution is 5.50. The molecule has 0 bridgehead atoms. The summed E-state index contributed by atoms with van der Waals surface area (Å²) in [6, 6.07) is 2.73. The molecule has 0 aliphatic heterocycles. The van der Waals surface area contributed by atoms with Gasteiger partial charge in [0.2, 0.25) is 0 Å². The first kappa shape index (κ1) is 12.5. The first-order valence-electron chi connectivity index (χ1n) is 6.37. The Balaban J connectivity index is 2.11. The molecule has 3 N–H and O–H groups in total. The van der Waals surface area contributed by atoms with Crippen LogP contribution < -0.4 is 11.3 Å². The molecule has 2 aromatic heterocycles. The third-order valence-electron chi connectivity index (χ3n) is 3.43. The largest absolute Gasteiger partial charge is 0.308 e. The van der Waals surface area contributed by atoms with Gasteiger partial charge in [0.25, 0.3) is 5.69 Å². The molecule has 0 atom stereocenters. The molecule has 0 radical (unpaired) electrons. The van der Waals surface area contributed by atoms with Gasteiger partial charge in [-0.1, -0.05) is 0 Å². The van der Waals surface area contributed by atoms with Crippen molar-refractivity contribution in [2.45, 2.75) is 25.7 Å². The van der Waals surface area contributed by atoms with Crippen LogP contribution in [0.2, 0.25) is 0 Å². The molecule has 2 heterocycles. The second-order valence-corrected chi connectivity index (χ2v) is 4.69. The van der Waals surface area contributed by atoms with Crippen molar-refractivity contribution < 1.29 is 4.92 Å². The number of nitro groups is 1. The molecule has 1 aliphatic carbocycles. The van der Waals surface area contributed by atoms with Crippen molar-refractivity contribution in [3.05, 3.63) is 40.0 Å². The quantitative estimate of drug-likeness (QED) is 0.496. The Labute approximate surface area is 114 Å². The maximum atomic E-state index is 11.0. The van der Waals surface area contributed by atoms with E-state index in [1.165, 1.54) is 12.1 Å². The molecule has 2 aromatic rings. The lowest BCUT2D eigenvalue weighted by Gasteiger charge is -2.13. The summed E-state index contributed by atoms with van der Waals surface area (Å²) in [6.07, 6.45) is 5.74. The van der Waals surface area contributed by atoms with Crippen LogP contribution in [0.3, 0.4) is 0 Å². The lowest BCUT2D eigenvalue weighted by atomic mass is 10.0. The molecule has 20 heavy (non-hydrogen) atoms. The lowest BCUT2D eigenvalue weighted by Crippen LogP contribution is -2.12. The maximum Gasteiger partial charge on any atom is 0.276 e. The van der Waals surface area contributed by atoms with Gasteiger partial charge in [-0.3, -0.25) is 14.7 Å². The SMILES string of the molecule is NNc1cc([N+](=O)[O-])cc(-n2cnc3c2CCCC3)n1. The minimum Gasteiger partial charge on any atom is -0.308 e. The number of nitrogens with zero attached hydrogens (tertiary/aromatic N) is 4. The van der Waals surface area contributed by atoms with Crippen molar-refractivity contribution in [2.24, 2.45) is 5.84 Å². The minimum absolute atomic E-state index is 0.0544. The number of hydrogen-bond donors (Lipinski definition) is 2. The average molecular weight is 274 g/mol. The summed E-state index contributed by atoms with van der Waals surface area (Å²) in [5, 5.41) is 11.0. The van der Waals surface area contributed by atoms with Crippen molar-refractivity contribution in [1.82, 2.24) is 14.5 Å². The predicted octanol–water partition coefficient (Wildman–Crippen LogP) is 1.34. The number of rotatable bonds is 3. The van der Waals surface area contributed by atoms with Gasteiger partial charge in [0.05, 0.1) is 22.7 Å². The van der Waals surface area contributed by atoms with E-state index in [4.69, 9.17) is 5.84 Å². The monoisotopic (exact) mass is 274 g/mol. The number of pyridine rings is 1. The van der Waals surface area contributed by atoms with Crippen LogP contribution >= 0.6 is 0 Å². The summed E-state index contributed by atoms with van der Waals surface area (Å²) in [5.74, 6) is 6.04. The van der Waals surface area contributed by atoms with E-state index < -0.39 is 4.92 Å². The number of anilines is 1. The first-order chi connectivity index (χ1) is 9.69. The van der Waals surface area contributed by atoms with Crippen LogP contribution in [-0.2, 0) is 12.8 Å². The Morgan fingerprint density at radius 2 is 2.15 bits per heavy atom. The smallest absolute Gasteiger partial charge is 0.276 e. The molecule has 0 saturated heterocycles. The third-order valence-corrected chi connectivity index (χ3v) is 3.43. The number of fused-ring (bicyclic) bond motifs is 1. The van der Waals surface area contributed by atoms with Crippen molar-refractivity contribution in [1.29, 1.82) is 0 Å². The number of hydrogen-bond acceptors (Lipinski definition) is 6. The van der Waals surface area contributed by atoms with Crippen molar-refractivity contribution >= 4 is 11.5 Å². The number of imidazole rings is 1. The molecular weight excluding hydrogens is 260 g/mol. The second kappa shape index (κ2) is 4.89. The predicted molar refractivity (Wildman–Crippen MR) is 72.5 cm³/mol. The van der Waals surface area contributed by atoms with Crippen LogP contribution in [-0.4, -0.2) is 19.5 Å². The van der Waals surface area contributed by atoms with Crippen LogP contribution in [0.1, 0.15) is 24.2 Å². The van der Waals surface area contributed by atoms with Crippen LogP contribution in [0.25, 0.3) is 5.82 Å². The molecule has 104 valence electrons. The van der Waals surface area contributed by atoms with Gasteiger partial charge in [-0.05, 0) is 25.7 Å². The van der Waals surface area contributed by atoms with Crippen molar-refractivity contribution in [3.63, 3.8) is 0 Å². The average Bonchev–Trinajstić information content (AvgIpc) is 2.90. The maximum absolute atomic E-state index is 11.0. The molecule has 8 heteroatoms. The van der Waals surface area contributed by atoms with E-state index in [9.17, 15) is 10.1 Å². The summed E-state index contributed by atoms with van der Waals surface area (Å²) in [7, 11) is 0. The molecular formula is C12H14N6O2. The molecule has 0 saturated carbocycles. The van der Waals surface area contributed by atoms with E-state index in [-0.39, 0.29) is 11.5 Å². The number of nitrogens with one attached hydrogen (secondary N) is 1. The number of nitrogens with two attached hydrogens (primary N) is 1. The fourth-order valence-electron chi connectivity index (χ4n) is 2.47. The van der Waals surface area contributed by atoms with Crippen LogP contribution in [0.15, 0.2) is 18.5 Å². The molecule has 0 spiro atoms. The Bertz CT molecular complexity index is 666. The normalized spacial score (nSPS) is 13.8. The first-order valence-corrected chi connectivity index (χ1v) is 6.37. The highest BCUT2D eigenvalue weighted by Gasteiger charge is 2.19. The van der Waals surface area contributed by atoms with Gasteiger partial charge in [0.15, 0.2) is 0 Å². The molecule has 0 aromatic carbocycles. The number of hydrazine groups is 1. The zero-order chi connectivity index (χ0) is 14.1. The van der Waals surface area contributed by atoms with E-state index in [1.807, 2.05) is 4.57 Å². The third kappa shape index (κ3) is 2.10. The Kier molecular flexibility index (Phi) is 3.07. The standard InChI is InChI=1S/C12H14N6O2/c13-16-11-5-8(18(19)20)6-12(15-11)17-7-14-9-3-1-2-4-10(9)17/h5-7H,1-4,13H2,(H,15,16). The van der Waals surface area contributed by atoms with Gasteiger partial charge in [-0.2, -0.15) is 0 Å². The summed E-state index contributed by atoms with van der Waals surface area (Å²) >= 11 is 0. The van der Waals surface area contributed by atoms with Crippen LogP contribution in [0, 0.1) is 10.1 Å². The zero-order valence-electron chi connectivity index (χ0n) is 10.7. The van der Waals surface area contributed by atoms with Crippen LogP contribution in [0.5, 0.6) is 0 Å². The Morgan fingerprint density at radius 3 is 2.90 bits per heavy atom. The Morgan fingerprint density at radius 1 is 1.35 bits per heavy atom. The molecule has 1 aliphatic rings. The summed E-state index contributed by atoms with van der Waals surface area (Å²) in [4.78, 5) is 19.1. The highest BCUT2D eigenvalue weighted by Crippen LogP contribution is 2.25. The van der Waals surface area contributed by atoms with Crippen LogP contribution in [0.4, 0.5) is 11.5 Å². The van der Waals surface area contributed by atoms with Gasteiger partial charge in [-0.15, -0.1) is 0 Å². The van der Waals surface area contributed by atoms with Gasteiger partial charge in [-0.25, -0.2) is 15.8 Å². The number of nitrogen functional groups attached to an aromatic ring is 1. The van der Waals surface area contributed by atoms with E-state index in [1.54, 1.807) is 6.33 Å². The van der Waals surface area contributed by atoms with E-state index in [0.29, 0.717) is 5.82 Å². The summed E-state index contributed by atoms with van der Waals surface area (Å²) in [6.45, 7) is 0. The topological polar surface area (TPSA) is 112 Å². The fraction of sp³-hybridized carbons (Fsp3) is 0.333. The zero-order valence-corrected chi connectivity index (χ0v) is 10.7. The minimum atomic E-state index is -0.463. The van der Waals surface area contributed by atoms with E-state index >= 15 is 0 Å². The second-order valence-electron chi connectivity index (χ2n) is 4.69. The number of aryl methyl sites for hydroxylation is 1. The lowest BCUT2D eigenvalue weighted by molar-refractivity contribution is -0.384. The molecule has 3 rings (SSSR count). The molecule has 0 amide bonds. The molecule has 0 fully saturated rings. The summed E-state index contributed by atoms with van der Waals surface area (Å²) < 4.78 is 1.81. The number of aromatic nitrogens is 3. The van der Waals surface area contributed by atoms with E-state index in [0.717, 1.165) is 37.1 Å². The van der Waals surface area contributed by atoms with Crippen molar-refractivity contribution in [3.8, 4) is 5.82 Å². The fourth-order valence-corrected chi connectivity index (χ4v) is 2.47.